The molecule has 32 heavy (non-hydrogen) atoms. The molecule has 2 heterocycles. The van der Waals surface area contributed by atoms with Crippen LogP contribution in [-0.2, 0) is 22.6 Å². The van der Waals surface area contributed by atoms with Gasteiger partial charge in [-0.05, 0) is 28.8 Å². The van der Waals surface area contributed by atoms with E-state index in [1.807, 2.05) is 24.3 Å². The van der Waals surface area contributed by atoms with Crippen molar-refractivity contribution >= 4 is 17.7 Å². The zero-order valence-corrected chi connectivity index (χ0v) is 17.5. The number of amides is 2. The Balaban J connectivity index is 1.38. The van der Waals surface area contributed by atoms with Gasteiger partial charge in [-0.1, -0.05) is 30.3 Å². The van der Waals surface area contributed by atoms with Crippen molar-refractivity contribution in [1.29, 1.82) is 0 Å². The Hall–Kier alpha value is -3.79. The Labute approximate surface area is 184 Å². The monoisotopic (exact) mass is 438 g/mol. The minimum absolute atomic E-state index is 0.151. The van der Waals surface area contributed by atoms with Crippen LogP contribution in [0.25, 0.3) is 11.1 Å². The second-order valence-electron chi connectivity index (χ2n) is 7.48. The summed E-state index contributed by atoms with van der Waals surface area (Å²) in [6, 6.07) is 12.5. The number of rotatable bonds is 8. The van der Waals surface area contributed by atoms with Crippen LogP contribution in [0.15, 0.2) is 48.7 Å². The molecule has 4 rings (SSSR count). The van der Waals surface area contributed by atoms with Gasteiger partial charge in [0.25, 0.3) is 0 Å². The molecule has 9 nitrogen and oxygen atoms in total. The summed E-state index contributed by atoms with van der Waals surface area (Å²) in [5.41, 5.74) is 3.64. The zero-order chi connectivity index (χ0) is 22.5. The molecule has 0 spiro atoms. The van der Waals surface area contributed by atoms with Gasteiger partial charge in [0.15, 0.2) is 0 Å². The molecular weight excluding hydrogens is 415 g/mol. The maximum atomic E-state index is 14.8. The van der Waals surface area contributed by atoms with Crippen molar-refractivity contribution in [2.24, 2.45) is 0 Å². The normalized spacial score (nSPS) is 15.6. The fourth-order valence-corrected chi connectivity index (χ4v) is 3.45. The lowest BCUT2D eigenvalue weighted by atomic mass is 10.0. The molecule has 1 saturated heterocycles. The molecule has 3 N–H and O–H groups in total. The second kappa shape index (κ2) is 9.56. The standard InChI is InChI=1S/C22H23FN6O3/c1-14(30)25-12-19-13-29(22(31)32-19)21-7-6-17(8-20(21)23)16-4-2-15(3-5-16)9-24-10-18-11-26-28-27-18/h2-8,11,19,24H,9-10,12-13H2,1H3,(H,25,30)(H,26,27,28). The largest absolute Gasteiger partial charge is 0.442 e. The Morgan fingerprint density at radius 1 is 1.22 bits per heavy atom. The predicted molar refractivity (Wildman–Crippen MR) is 115 cm³/mol. The van der Waals surface area contributed by atoms with Gasteiger partial charge in [0.1, 0.15) is 11.9 Å². The highest BCUT2D eigenvalue weighted by molar-refractivity contribution is 5.90. The number of hydrogen-bond donors (Lipinski definition) is 3. The number of anilines is 1. The van der Waals surface area contributed by atoms with Crippen molar-refractivity contribution in [3.63, 3.8) is 0 Å². The van der Waals surface area contributed by atoms with Gasteiger partial charge in [-0.25, -0.2) is 9.18 Å². The number of hydrogen-bond acceptors (Lipinski definition) is 6. The molecule has 1 aromatic heterocycles. The lowest BCUT2D eigenvalue weighted by Crippen LogP contribution is -2.33. The summed E-state index contributed by atoms with van der Waals surface area (Å²) in [7, 11) is 0. The van der Waals surface area contributed by atoms with Crippen LogP contribution in [0.4, 0.5) is 14.9 Å². The maximum Gasteiger partial charge on any atom is 0.414 e. The molecule has 1 atom stereocenters. The molecule has 3 aromatic rings. The average molecular weight is 438 g/mol. The number of carbonyl (C=O) groups is 2. The zero-order valence-electron chi connectivity index (χ0n) is 17.5. The summed E-state index contributed by atoms with van der Waals surface area (Å²) in [6.07, 6.45) is 0.518. The van der Waals surface area contributed by atoms with Crippen LogP contribution in [0.5, 0.6) is 0 Å². The number of ether oxygens (including phenoxy) is 1. The summed E-state index contributed by atoms with van der Waals surface area (Å²) in [5, 5.41) is 16.2. The first-order valence-electron chi connectivity index (χ1n) is 10.2. The number of cyclic esters (lactones) is 1. The number of nitrogens with one attached hydrogen (secondary N) is 3. The van der Waals surface area contributed by atoms with E-state index in [-0.39, 0.29) is 24.7 Å². The third kappa shape index (κ3) is 5.09. The molecular formula is C22H23FN6O3. The van der Waals surface area contributed by atoms with Crippen molar-refractivity contribution < 1.29 is 18.7 Å². The SMILES string of the molecule is CC(=O)NCC1CN(c2ccc(-c3ccc(CNCc4cn[nH]n4)cc3)cc2F)C(=O)O1. The number of H-pyrrole nitrogens is 1. The van der Waals surface area contributed by atoms with E-state index >= 15 is 0 Å². The molecule has 166 valence electrons. The van der Waals surface area contributed by atoms with Gasteiger partial charge in [0, 0.05) is 20.0 Å². The van der Waals surface area contributed by atoms with Gasteiger partial charge >= 0.3 is 6.09 Å². The highest BCUT2D eigenvalue weighted by atomic mass is 19.1. The van der Waals surface area contributed by atoms with Gasteiger partial charge in [-0.3, -0.25) is 9.69 Å². The van der Waals surface area contributed by atoms with E-state index in [0.717, 1.165) is 16.8 Å². The number of aromatic nitrogens is 3. The Morgan fingerprint density at radius 2 is 2.00 bits per heavy atom. The first-order chi connectivity index (χ1) is 15.5. The van der Waals surface area contributed by atoms with Crippen LogP contribution < -0.4 is 15.5 Å². The molecule has 0 bridgehead atoms. The predicted octanol–water partition coefficient (Wildman–Crippen LogP) is 2.36. The van der Waals surface area contributed by atoms with E-state index in [4.69, 9.17) is 4.74 Å². The topological polar surface area (TPSA) is 112 Å². The molecule has 0 saturated carbocycles. The quantitative estimate of drug-likeness (QED) is 0.498. The minimum Gasteiger partial charge on any atom is -0.442 e. The molecule has 0 radical (unpaired) electrons. The van der Waals surface area contributed by atoms with E-state index in [9.17, 15) is 14.0 Å². The summed E-state index contributed by atoms with van der Waals surface area (Å²) in [6.45, 7) is 3.02. The lowest BCUT2D eigenvalue weighted by molar-refractivity contribution is -0.119. The molecule has 10 heteroatoms. The van der Waals surface area contributed by atoms with Crippen LogP contribution in [0, 0.1) is 5.82 Å². The van der Waals surface area contributed by atoms with Crippen molar-refractivity contribution in [1.82, 2.24) is 26.0 Å². The number of nitrogens with zero attached hydrogens (tertiary/aromatic N) is 3. The van der Waals surface area contributed by atoms with E-state index in [2.05, 4.69) is 26.0 Å². The Morgan fingerprint density at radius 3 is 2.69 bits per heavy atom. The van der Waals surface area contributed by atoms with Gasteiger partial charge < -0.3 is 15.4 Å². The van der Waals surface area contributed by atoms with Crippen molar-refractivity contribution in [3.8, 4) is 11.1 Å². The van der Waals surface area contributed by atoms with E-state index < -0.39 is 18.0 Å². The molecule has 2 amide bonds. The van der Waals surface area contributed by atoms with Gasteiger partial charge in [0.2, 0.25) is 5.91 Å². The number of carbonyl (C=O) groups excluding carboxylic acids is 2. The molecule has 1 unspecified atom stereocenters. The number of aromatic amines is 1. The van der Waals surface area contributed by atoms with Gasteiger partial charge in [0.05, 0.1) is 30.7 Å². The van der Waals surface area contributed by atoms with E-state index in [1.54, 1.807) is 18.3 Å². The highest BCUT2D eigenvalue weighted by Gasteiger charge is 2.33. The van der Waals surface area contributed by atoms with E-state index in [1.165, 1.54) is 17.9 Å². The maximum absolute atomic E-state index is 14.8. The smallest absolute Gasteiger partial charge is 0.414 e. The molecule has 1 aliphatic rings. The third-order valence-corrected chi connectivity index (χ3v) is 5.08. The van der Waals surface area contributed by atoms with E-state index in [0.29, 0.717) is 18.7 Å². The fourth-order valence-electron chi connectivity index (χ4n) is 3.45. The van der Waals surface area contributed by atoms with Crippen LogP contribution >= 0.6 is 0 Å². The van der Waals surface area contributed by atoms with Crippen molar-refractivity contribution in [3.05, 3.63) is 65.7 Å². The third-order valence-electron chi connectivity index (χ3n) is 5.08. The summed E-state index contributed by atoms with van der Waals surface area (Å²) in [4.78, 5) is 24.4. The van der Waals surface area contributed by atoms with Crippen LogP contribution in [0.2, 0.25) is 0 Å². The highest BCUT2D eigenvalue weighted by Crippen LogP contribution is 2.29. The van der Waals surface area contributed by atoms with Gasteiger partial charge in [-0.2, -0.15) is 15.4 Å². The first-order valence-corrected chi connectivity index (χ1v) is 10.2. The van der Waals surface area contributed by atoms with Crippen molar-refractivity contribution in [2.45, 2.75) is 26.1 Å². The number of benzene rings is 2. The summed E-state index contributed by atoms with van der Waals surface area (Å²) >= 11 is 0. The Kier molecular flexibility index (Phi) is 6.41. The van der Waals surface area contributed by atoms with Gasteiger partial charge in [-0.15, -0.1) is 0 Å². The van der Waals surface area contributed by atoms with Crippen LogP contribution in [-0.4, -0.2) is 46.6 Å². The Bertz CT molecular complexity index is 1090. The summed E-state index contributed by atoms with van der Waals surface area (Å²) < 4.78 is 20.0. The average Bonchev–Trinajstić information content (AvgIpc) is 3.42. The first kappa shape index (κ1) is 21.4. The summed E-state index contributed by atoms with van der Waals surface area (Å²) in [5.74, 6) is -0.732. The lowest BCUT2D eigenvalue weighted by Gasteiger charge is -2.15. The molecule has 2 aromatic carbocycles. The minimum atomic E-state index is -0.630. The second-order valence-corrected chi connectivity index (χ2v) is 7.48. The van der Waals surface area contributed by atoms with Crippen LogP contribution in [0.1, 0.15) is 18.2 Å². The molecule has 1 aliphatic heterocycles. The molecule has 1 fully saturated rings. The van der Waals surface area contributed by atoms with Crippen molar-refractivity contribution in [2.75, 3.05) is 18.0 Å². The number of halogens is 1. The molecule has 0 aliphatic carbocycles. The van der Waals surface area contributed by atoms with Crippen LogP contribution in [0.3, 0.4) is 0 Å². The fraction of sp³-hybridized carbons (Fsp3) is 0.273.